The van der Waals surface area contributed by atoms with Gasteiger partial charge in [0.25, 0.3) is 0 Å². The lowest BCUT2D eigenvalue weighted by atomic mass is 10.0. The number of esters is 2. The number of likely N-dealkylation sites (N-methyl/N-ethyl adjacent to an activating group) is 1. The Kier molecular flexibility index (Phi) is 35.5. The van der Waals surface area contributed by atoms with Gasteiger partial charge in [-0.2, -0.15) is 0 Å². The minimum atomic E-state index is -0.423. The summed E-state index contributed by atoms with van der Waals surface area (Å²) in [5.41, 5.74) is 0. The molecular formula is C39H78ClNO4. The molecule has 0 fully saturated rings. The third kappa shape index (κ3) is 37.5. The van der Waals surface area contributed by atoms with Gasteiger partial charge in [0.1, 0.15) is 6.54 Å². The standard InChI is InChI=1S/C39H78NO4.ClH/c1-6-8-10-12-14-16-18-20-21-22-23-25-27-29-31-33-38(41)44-37(36-40(3,4)5)35-39(42)43-34-32-30-28-26-24-19-17-15-13-11-9-7-2;/h37H,6-36H2,1-5H3;1H/q+1;/p-1. The number of nitrogens with zero attached hydrogens (tertiary/aromatic N) is 1. The number of rotatable bonds is 34. The zero-order valence-electron chi connectivity index (χ0n) is 31.0. The van der Waals surface area contributed by atoms with Gasteiger partial charge in [-0.25, -0.2) is 0 Å². The fourth-order valence-corrected chi connectivity index (χ4v) is 6.01. The van der Waals surface area contributed by atoms with E-state index >= 15 is 0 Å². The third-order valence-electron chi connectivity index (χ3n) is 8.69. The van der Waals surface area contributed by atoms with Crippen LogP contribution in [-0.4, -0.2) is 56.8 Å². The molecule has 0 aromatic carbocycles. The second kappa shape index (κ2) is 34.5. The van der Waals surface area contributed by atoms with Gasteiger partial charge in [-0.3, -0.25) is 9.59 Å². The van der Waals surface area contributed by atoms with Crippen molar-refractivity contribution in [2.45, 2.75) is 206 Å². The quantitative estimate of drug-likeness (QED) is 0.0395. The minimum absolute atomic E-state index is 0. The number of hydrogen-bond acceptors (Lipinski definition) is 4. The van der Waals surface area contributed by atoms with Crippen molar-refractivity contribution in [3.8, 4) is 0 Å². The Morgan fingerprint density at radius 1 is 0.489 bits per heavy atom. The van der Waals surface area contributed by atoms with Crippen LogP contribution in [0.4, 0.5) is 0 Å². The molecule has 0 spiro atoms. The van der Waals surface area contributed by atoms with Crippen molar-refractivity contribution in [2.24, 2.45) is 0 Å². The fraction of sp³-hybridized carbons (Fsp3) is 0.949. The van der Waals surface area contributed by atoms with Gasteiger partial charge < -0.3 is 26.4 Å². The van der Waals surface area contributed by atoms with E-state index in [1.165, 1.54) is 148 Å². The van der Waals surface area contributed by atoms with Crippen molar-refractivity contribution in [3.05, 3.63) is 0 Å². The fourth-order valence-electron chi connectivity index (χ4n) is 6.01. The van der Waals surface area contributed by atoms with Gasteiger partial charge in [0.15, 0.2) is 6.10 Å². The summed E-state index contributed by atoms with van der Waals surface area (Å²) in [6.45, 7) is 5.63. The smallest absolute Gasteiger partial charge is 0.309 e. The van der Waals surface area contributed by atoms with Crippen LogP contribution in [0, 0.1) is 0 Å². The molecule has 1 atom stereocenters. The molecule has 0 aliphatic carbocycles. The predicted octanol–water partition coefficient (Wildman–Crippen LogP) is 8.50. The highest BCUT2D eigenvalue weighted by Gasteiger charge is 2.25. The molecule has 0 rings (SSSR count). The van der Waals surface area contributed by atoms with Crippen LogP contribution in [0.2, 0.25) is 0 Å². The number of carbonyl (C=O) groups is 2. The molecule has 0 radical (unpaired) electrons. The summed E-state index contributed by atoms with van der Waals surface area (Å²) >= 11 is 0. The van der Waals surface area contributed by atoms with Crippen molar-refractivity contribution < 1.29 is 36.0 Å². The second-order valence-corrected chi connectivity index (χ2v) is 14.6. The highest BCUT2D eigenvalue weighted by atomic mass is 35.5. The number of halogens is 1. The molecule has 1 unspecified atom stereocenters. The van der Waals surface area contributed by atoms with Crippen LogP contribution in [0.5, 0.6) is 0 Å². The largest absolute Gasteiger partial charge is 1.00 e. The van der Waals surface area contributed by atoms with Gasteiger partial charge in [0.2, 0.25) is 0 Å². The first kappa shape index (κ1) is 46.3. The maximum atomic E-state index is 12.6. The van der Waals surface area contributed by atoms with E-state index in [9.17, 15) is 9.59 Å². The van der Waals surface area contributed by atoms with Crippen LogP contribution < -0.4 is 12.4 Å². The summed E-state index contributed by atoms with van der Waals surface area (Å²) < 4.78 is 11.9. The van der Waals surface area contributed by atoms with Crippen LogP contribution in [0.25, 0.3) is 0 Å². The lowest BCUT2D eigenvalue weighted by Gasteiger charge is -2.28. The number of ether oxygens (including phenoxy) is 2. The predicted molar refractivity (Wildman–Crippen MR) is 189 cm³/mol. The van der Waals surface area contributed by atoms with Crippen LogP contribution in [0.1, 0.15) is 200 Å². The molecule has 0 N–H and O–H groups in total. The third-order valence-corrected chi connectivity index (χ3v) is 8.69. The molecular weight excluding hydrogens is 582 g/mol. The van der Waals surface area contributed by atoms with E-state index in [2.05, 4.69) is 35.0 Å². The van der Waals surface area contributed by atoms with Gasteiger partial charge >= 0.3 is 11.9 Å². The van der Waals surface area contributed by atoms with Gasteiger partial charge in [-0.15, -0.1) is 0 Å². The van der Waals surface area contributed by atoms with Gasteiger partial charge in [0.05, 0.1) is 34.2 Å². The highest BCUT2D eigenvalue weighted by molar-refractivity contribution is 5.72. The molecule has 0 saturated carbocycles. The van der Waals surface area contributed by atoms with E-state index < -0.39 is 6.10 Å². The molecule has 0 aromatic heterocycles. The minimum Gasteiger partial charge on any atom is -1.00 e. The molecule has 5 nitrogen and oxygen atoms in total. The summed E-state index contributed by atoms with van der Waals surface area (Å²) in [5, 5.41) is 0. The lowest BCUT2D eigenvalue weighted by Crippen LogP contribution is -3.00. The summed E-state index contributed by atoms with van der Waals surface area (Å²) in [4.78, 5) is 25.1. The van der Waals surface area contributed by atoms with E-state index in [1.807, 2.05) is 0 Å². The van der Waals surface area contributed by atoms with Gasteiger partial charge in [-0.05, 0) is 12.8 Å². The normalized spacial score (nSPS) is 12.1. The maximum absolute atomic E-state index is 12.6. The van der Waals surface area contributed by atoms with Crippen LogP contribution >= 0.6 is 0 Å². The topological polar surface area (TPSA) is 52.6 Å². The number of quaternary nitrogens is 1. The Morgan fingerprint density at radius 2 is 0.822 bits per heavy atom. The zero-order chi connectivity index (χ0) is 32.6. The first-order valence-corrected chi connectivity index (χ1v) is 19.4. The van der Waals surface area contributed by atoms with Crippen LogP contribution in [0.15, 0.2) is 0 Å². The molecule has 0 amide bonds. The van der Waals surface area contributed by atoms with E-state index in [1.54, 1.807) is 0 Å². The molecule has 0 aromatic rings. The summed E-state index contributed by atoms with van der Waals surface area (Å²) in [6.07, 6.45) is 35.3. The van der Waals surface area contributed by atoms with E-state index in [-0.39, 0.29) is 30.8 Å². The van der Waals surface area contributed by atoms with E-state index in [0.29, 0.717) is 24.1 Å². The summed E-state index contributed by atoms with van der Waals surface area (Å²) in [7, 11) is 6.19. The Bertz CT molecular complexity index is 637. The maximum Gasteiger partial charge on any atom is 0.309 e. The average molecular weight is 661 g/mol. The average Bonchev–Trinajstić information content (AvgIpc) is 2.96. The number of hydrogen-bond donors (Lipinski definition) is 0. The number of unbranched alkanes of at least 4 members (excludes halogenated alkanes) is 25. The SMILES string of the molecule is CCCCCCCCCCCCCCCCCC(=O)OC(CC(=O)OCCCCCCCCCCCCCC)C[N+](C)(C)C.[Cl-]. The van der Waals surface area contributed by atoms with E-state index in [0.717, 1.165) is 25.7 Å². The second-order valence-electron chi connectivity index (χ2n) is 14.6. The van der Waals surface area contributed by atoms with Crippen molar-refractivity contribution in [3.63, 3.8) is 0 Å². The van der Waals surface area contributed by atoms with Crippen LogP contribution in [0.3, 0.4) is 0 Å². The zero-order valence-corrected chi connectivity index (χ0v) is 31.7. The summed E-state index contributed by atoms with van der Waals surface area (Å²) in [6, 6.07) is 0. The molecule has 6 heteroatoms. The first-order valence-electron chi connectivity index (χ1n) is 19.4. The first-order chi connectivity index (χ1) is 21.3. The van der Waals surface area contributed by atoms with Crippen molar-refractivity contribution >= 4 is 11.9 Å². The summed E-state index contributed by atoms with van der Waals surface area (Å²) in [5.74, 6) is -0.418. The molecule has 0 heterocycles. The Hall–Kier alpha value is -0.810. The Balaban J connectivity index is 0. The number of carbonyl (C=O) groups excluding carboxylic acids is 2. The molecule has 0 saturated heterocycles. The van der Waals surface area contributed by atoms with Crippen molar-refractivity contribution in [2.75, 3.05) is 34.3 Å². The lowest BCUT2D eigenvalue weighted by molar-refractivity contribution is -0.873. The molecule has 0 aliphatic heterocycles. The van der Waals surface area contributed by atoms with Crippen LogP contribution in [-0.2, 0) is 19.1 Å². The van der Waals surface area contributed by atoms with Gasteiger partial charge in [-0.1, -0.05) is 174 Å². The molecule has 270 valence electrons. The van der Waals surface area contributed by atoms with Crippen molar-refractivity contribution in [1.29, 1.82) is 0 Å². The molecule has 0 bridgehead atoms. The molecule has 45 heavy (non-hydrogen) atoms. The highest BCUT2D eigenvalue weighted by Crippen LogP contribution is 2.15. The molecule has 0 aliphatic rings. The monoisotopic (exact) mass is 660 g/mol. The van der Waals surface area contributed by atoms with Crippen molar-refractivity contribution in [1.82, 2.24) is 0 Å². The van der Waals surface area contributed by atoms with E-state index in [4.69, 9.17) is 9.47 Å². The Labute approximate surface area is 287 Å². The van der Waals surface area contributed by atoms with Gasteiger partial charge in [0, 0.05) is 6.42 Å². The Morgan fingerprint density at radius 3 is 1.18 bits per heavy atom.